The molecule has 1 fully saturated rings. The van der Waals surface area contributed by atoms with Gasteiger partial charge in [0.1, 0.15) is 0 Å². The summed E-state index contributed by atoms with van der Waals surface area (Å²) in [6.45, 7) is 7.95. The minimum Gasteiger partial charge on any atom is -0.368 e. The third kappa shape index (κ3) is 3.55. The molecule has 2 aromatic rings. The van der Waals surface area contributed by atoms with E-state index in [0.717, 1.165) is 31.7 Å². The lowest BCUT2D eigenvalue weighted by Gasteiger charge is -2.37. The highest BCUT2D eigenvalue weighted by molar-refractivity contribution is 5.97. The Morgan fingerprint density at radius 2 is 1.26 bits per heavy atom. The SMILES string of the molecule is CC(C)C(=O)c1ccc(N2CCN(c3ccccc3)CC2)cc1. The molecule has 3 nitrogen and oxygen atoms in total. The smallest absolute Gasteiger partial charge is 0.165 e. The molecule has 0 radical (unpaired) electrons. The maximum Gasteiger partial charge on any atom is 0.165 e. The number of hydrogen-bond donors (Lipinski definition) is 0. The van der Waals surface area contributed by atoms with Crippen LogP contribution in [0, 0.1) is 5.92 Å². The van der Waals surface area contributed by atoms with Crippen molar-refractivity contribution in [1.82, 2.24) is 0 Å². The largest absolute Gasteiger partial charge is 0.368 e. The third-order valence-electron chi connectivity index (χ3n) is 4.44. The molecule has 0 aromatic heterocycles. The van der Waals surface area contributed by atoms with Crippen molar-refractivity contribution in [3.63, 3.8) is 0 Å². The summed E-state index contributed by atoms with van der Waals surface area (Å²) in [7, 11) is 0. The summed E-state index contributed by atoms with van der Waals surface area (Å²) in [6, 6.07) is 18.6. The molecular formula is C20H24N2O. The topological polar surface area (TPSA) is 23.6 Å². The van der Waals surface area contributed by atoms with Gasteiger partial charge in [-0.25, -0.2) is 0 Å². The number of hydrogen-bond acceptors (Lipinski definition) is 3. The first-order valence-electron chi connectivity index (χ1n) is 8.34. The molecule has 1 aliphatic heterocycles. The fourth-order valence-corrected chi connectivity index (χ4v) is 3.03. The summed E-state index contributed by atoms with van der Waals surface area (Å²) in [4.78, 5) is 16.8. The predicted octanol–water partition coefficient (Wildman–Crippen LogP) is 3.85. The Bertz CT molecular complexity index is 641. The maximum absolute atomic E-state index is 12.0. The van der Waals surface area contributed by atoms with E-state index in [1.165, 1.54) is 11.4 Å². The van der Waals surface area contributed by atoms with Gasteiger partial charge in [-0.1, -0.05) is 32.0 Å². The van der Waals surface area contributed by atoms with Crippen LogP contribution in [0.2, 0.25) is 0 Å². The zero-order chi connectivity index (χ0) is 16.2. The molecule has 3 rings (SSSR count). The lowest BCUT2D eigenvalue weighted by Crippen LogP contribution is -2.46. The molecule has 0 amide bonds. The van der Waals surface area contributed by atoms with Gasteiger partial charge in [-0.15, -0.1) is 0 Å². The first-order chi connectivity index (χ1) is 11.1. The number of ketones is 1. The molecule has 3 heteroatoms. The summed E-state index contributed by atoms with van der Waals surface area (Å²) in [5, 5.41) is 0. The number of para-hydroxylation sites is 1. The van der Waals surface area contributed by atoms with Gasteiger partial charge < -0.3 is 9.80 Å². The molecule has 0 saturated carbocycles. The number of anilines is 2. The monoisotopic (exact) mass is 308 g/mol. The van der Waals surface area contributed by atoms with E-state index in [4.69, 9.17) is 0 Å². The molecule has 0 unspecified atom stereocenters. The van der Waals surface area contributed by atoms with Crippen molar-refractivity contribution in [2.45, 2.75) is 13.8 Å². The van der Waals surface area contributed by atoms with Crippen molar-refractivity contribution < 1.29 is 4.79 Å². The molecule has 0 bridgehead atoms. The van der Waals surface area contributed by atoms with Crippen LogP contribution in [0.4, 0.5) is 11.4 Å². The van der Waals surface area contributed by atoms with Gasteiger partial charge in [0.25, 0.3) is 0 Å². The average molecular weight is 308 g/mol. The van der Waals surface area contributed by atoms with Gasteiger partial charge >= 0.3 is 0 Å². The number of benzene rings is 2. The maximum atomic E-state index is 12.0. The molecule has 0 atom stereocenters. The summed E-state index contributed by atoms with van der Waals surface area (Å²) >= 11 is 0. The van der Waals surface area contributed by atoms with E-state index in [2.05, 4.69) is 52.3 Å². The van der Waals surface area contributed by atoms with Gasteiger partial charge in [-0.05, 0) is 36.4 Å². The van der Waals surface area contributed by atoms with Crippen LogP contribution in [0.3, 0.4) is 0 Å². The second-order valence-electron chi connectivity index (χ2n) is 6.38. The summed E-state index contributed by atoms with van der Waals surface area (Å²) < 4.78 is 0. The molecule has 1 aliphatic rings. The Kier molecular flexibility index (Phi) is 4.65. The van der Waals surface area contributed by atoms with E-state index in [9.17, 15) is 4.79 Å². The van der Waals surface area contributed by atoms with E-state index < -0.39 is 0 Å². The summed E-state index contributed by atoms with van der Waals surface area (Å²) in [5.41, 5.74) is 3.31. The Morgan fingerprint density at radius 1 is 0.783 bits per heavy atom. The third-order valence-corrected chi connectivity index (χ3v) is 4.44. The van der Waals surface area contributed by atoms with Gasteiger partial charge in [-0.3, -0.25) is 4.79 Å². The van der Waals surface area contributed by atoms with Crippen molar-refractivity contribution >= 4 is 17.2 Å². The summed E-state index contributed by atoms with van der Waals surface area (Å²) in [6.07, 6.45) is 0. The average Bonchev–Trinajstić information content (AvgIpc) is 2.62. The molecule has 2 aromatic carbocycles. The molecule has 120 valence electrons. The molecule has 23 heavy (non-hydrogen) atoms. The first-order valence-corrected chi connectivity index (χ1v) is 8.34. The molecule has 1 saturated heterocycles. The van der Waals surface area contributed by atoms with Crippen LogP contribution in [0.1, 0.15) is 24.2 Å². The van der Waals surface area contributed by atoms with Crippen molar-refractivity contribution in [1.29, 1.82) is 0 Å². The van der Waals surface area contributed by atoms with E-state index in [1.807, 2.05) is 26.0 Å². The fourth-order valence-electron chi connectivity index (χ4n) is 3.03. The van der Waals surface area contributed by atoms with Crippen molar-refractivity contribution in [3.05, 3.63) is 60.2 Å². The highest BCUT2D eigenvalue weighted by Gasteiger charge is 2.18. The number of carbonyl (C=O) groups excluding carboxylic acids is 1. The Hall–Kier alpha value is -2.29. The van der Waals surface area contributed by atoms with Gasteiger partial charge in [0, 0.05) is 49.0 Å². The minimum atomic E-state index is 0.0512. The van der Waals surface area contributed by atoms with Gasteiger partial charge in [0.05, 0.1) is 0 Å². The standard InChI is InChI=1S/C20H24N2O/c1-16(2)20(23)17-8-10-19(11-9-17)22-14-12-21(13-15-22)18-6-4-3-5-7-18/h3-11,16H,12-15H2,1-2H3. The zero-order valence-corrected chi connectivity index (χ0v) is 13.9. The predicted molar refractivity (Wildman–Crippen MR) is 96.5 cm³/mol. The van der Waals surface area contributed by atoms with Crippen LogP contribution in [-0.2, 0) is 0 Å². The van der Waals surface area contributed by atoms with Crippen LogP contribution in [0.25, 0.3) is 0 Å². The van der Waals surface area contributed by atoms with Crippen LogP contribution >= 0.6 is 0 Å². The Morgan fingerprint density at radius 3 is 1.74 bits per heavy atom. The number of rotatable bonds is 4. The Labute approximate surface area is 138 Å². The van der Waals surface area contributed by atoms with Crippen LogP contribution in [0.5, 0.6) is 0 Å². The highest BCUT2D eigenvalue weighted by atomic mass is 16.1. The van der Waals surface area contributed by atoms with Crippen LogP contribution < -0.4 is 9.80 Å². The minimum absolute atomic E-state index is 0.0512. The van der Waals surface area contributed by atoms with Crippen molar-refractivity contribution in [2.75, 3.05) is 36.0 Å². The van der Waals surface area contributed by atoms with E-state index in [1.54, 1.807) is 0 Å². The van der Waals surface area contributed by atoms with Crippen LogP contribution in [-0.4, -0.2) is 32.0 Å². The number of Topliss-reactive ketones (excluding diaryl/α,β-unsaturated/α-hetero) is 1. The summed E-state index contributed by atoms with van der Waals surface area (Å²) in [5.74, 6) is 0.265. The second kappa shape index (κ2) is 6.86. The quantitative estimate of drug-likeness (QED) is 0.802. The normalized spacial score (nSPS) is 15.1. The van der Waals surface area contributed by atoms with E-state index >= 15 is 0 Å². The van der Waals surface area contributed by atoms with E-state index in [0.29, 0.717) is 0 Å². The number of carbonyl (C=O) groups is 1. The number of piperazine rings is 1. The van der Waals surface area contributed by atoms with Gasteiger partial charge in [-0.2, -0.15) is 0 Å². The molecular weight excluding hydrogens is 284 g/mol. The van der Waals surface area contributed by atoms with E-state index in [-0.39, 0.29) is 11.7 Å². The molecule has 0 aliphatic carbocycles. The second-order valence-corrected chi connectivity index (χ2v) is 6.38. The zero-order valence-electron chi connectivity index (χ0n) is 13.9. The lowest BCUT2D eigenvalue weighted by molar-refractivity contribution is 0.0939. The van der Waals surface area contributed by atoms with Crippen LogP contribution in [0.15, 0.2) is 54.6 Å². The molecule has 0 N–H and O–H groups in total. The molecule has 0 spiro atoms. The number of nitrogens with zero attached hydrogens (tertiary/aromatic N) is 2. The first kappa shape index (κ1) is 15.6. The molecule has 1 heterocycles. The highest BCUT2D eigenvalue weighted by Crippen LogP contribution is 2.21. The van der Waals surface area contributed by atoms with Gasteiger partial charge in [0.2, 0.25) is 0 Å². The fraction of sp³-hybridized carbons (Fsp3) is 0.350. The van der Waals surface area contributed by atoms with Crippen molar-refractivity contribution in [2.24, 2.45) is 5.92 Å². The van der Waals surface area contributed by atoms with Crippen molar-refractivity contribution in [3.8, 4) is 0 Å². The lowest BCUT2D eigenvalue weighted by atomic mass is 10.0. The Balaban J connectivity index is 1.63. The van der Waals surface area contributed by atoms with Gasteiger partial charge in [0.15, 0.2) is 5.78 Å².